The third-order valence-electron chi connectivity index (χ3n) is 11.7. The predicted molar refractivity (Wildman–Crippen MR) is 254 cm³/mol. The van der Waals surface area contributed by atoms with Crippen molar-refractivity contribution in [3.63, 3.8) is 0 Å². The Bertz CT molecular complexity index is 1000. The van der Waals surface area contributed by atoms with Gasteiger partial charge in [-0.25, -0.2) is 0 Å². The summed E-state index contributed by atoms with van der Waals surface area (Å²) in [6.07, 6.45) is 44.3. The fraction of sp³-hybridized carbons (Fsp3) is 0.902. The minimum Gasteiger partial charge on any atom is -0.466 e. The van der Waals surface area contributed by atoms with Gasteiger partial charge < -0.3 is 24.6 Å². The third-order valence-corrected chi connectivity index (χ3v) is 11.7. The highest BCUT2D eigenvalue weighted by molar-refractivity contribution is 5.69. The van der Waals surface area contributed by atoms with E-state index in [2.05, 4.69) is 36.3 Å². The van der Waals surface area contributed by atoms with Crippen LogP contribution in [-0.2, 0) is 19.1 Å². The van der Waals surface area contributed by atoms with E-state index in [4.69, 9.17) is 14.7 Å². The first-order valence-electron chi connectivity index (χ1n) is 25.7. The Morgan fingerprint density at radius 3 is 1.45 bits per heavy atom. The number of nitriles is 1. The highest BCUT2D eigenvalue weighted by Crippen LogP contribution is 2.19. The van der Waals surface area contributed by atoms with Crippen molar-refractivity contribution in [3.05, 3.63) is 12.0 Å². The zero-order chi connectivity index (χ0) is 44.0. The molecule has 0 radical (unpaired) electrons. The van der Waals surface area contributed by atoms with Gasteiger partial charge in [0.2, 0.25) is 0 Å². The van der Waals surface area contributed by atoms with Gasteiger partial charge in [-0.05, 0) is 90.3 Å². The van der Waals surface area contributed by atoms with Crippen LogP contribution in [0.2, 0.25) is 0 Å². The molecular weight excluding hydrogens is 747 g/mol. The molecule has 0 aliphatic heterocycles. The second-order valence-electron chi connectivity index (χ2n) is 17.8. The molecule has 60 heavy (non-hydrogen) atoms. The Labute approximate surface area is 372 Å². The zero-order valence-corrected chi connectivity index (χ0v) is 40.4. The first-order valence-corrected chi connectivity index (χ1v) is 25.7. The number of nitrogens with zero attached hydrogens (tertiary/aromatic N) is 3. The van der Waals surface area contributed by atoms with E-state index in [0.717, 1.165) is 96.2 Å². The van der Waals surface area contributed by atoms with Crippen molar-refractivity contribution < 1.29 is 19.1 Å². The summed E-state index contributed by atoms with van der Waals surface area (Å²) in [6, 6.07) is 0. The van der Waals surface area contributed by atoms with Crippen LogP contribution in [0.15, 0.2) is 12.0 Å². The molecule has 0 atom stereocenters. The van der Waals surface area contributed by atoms with Crippen molar-refractivity contribution >= 4 is 11.9 Å². The maximum atomic E-state index is 12.9. The number of nitrogens with one attached hydrogen (secondary N) is 2. The maximum Gasteiger partial charge on any atom is 0.306 e. The number of carbonyl (C=O) groups is 2. The fourth-order valence-corrected chi connectivity index (χ4v) is 7.85. The quantitative estimate of drug-likeness (QED) is 0.0268. The summed E-state index contributed by atoms with van der Waals surface area (Å²) in [6.45, 7) is 11.6. The van der Waals surface area contributed by atoms with Crippen molar-refractivity contribution in [2.45, 2.75) is 252 Å². The van der Waals surface area contributed by atoms with E-state index in [1.54, 1.807) is 6.20 Å². The van der Waals surface area contributed by atoms with Crippen molar-refractivity contribution in [3.8, 4) is 6.19 Å². The lowest BCUT2D eigenvalue weighted by Crippen LogP contribution is -2.30. The number of ether oxygens (including phenoxy) is 2. The molecule has 9 nitrogen and oxygen atoms in total. The SMILES string of the molecule is CCCCCCCCCOC(=O)CCCCCCCN(CCCCCCCC(=O)OC(CCCCCCCC)CCCCCCCC)CCCCN/C(=C/NC#N)N(C)C. The van der Waals surface area contributed by atoms with Crippen LogP contribution in [0.25, 0.3) is 0 Å². The molecule has 0 spiro atoms. The monoisotopic (exact) mass is 846 g/mol. The van der Waals surface area contributed by atoms with Crippen molar-refractivity contribution in [2.75, 3.05) is 46.9 Å². The molecular formula is C51H99N5O4. The van der Waals surface area contributed by atoms with Crippen LogP contribution in [0.1, 0.15) is 245 Å². The molecule has 0 rings (SSSR count). The lowest BCUT2D eigenvalue weighted by molar-refractivity contribution is -0.150. The molecule has 9 heteroatoms. The first-order chi connectivity index (χ1) is 29.4. The van der Waals surface area contributed by atoms with Gasteiger partial charge in [0, 0.05) is 33.5 Å². The van der Waals surface area contributed by atoms with Crippen LogP contribution < -0.4 is 10.6 Å². The molecule has 0 amide bonds. The molecule has 0 saturated heterocycles. The van der Waals surface area contributed by atoms with Gasteiger partial charge in [0.15, 0.2) is 6.19 Å². The van der Waals surface area contributed by atoms with E-state index in [0.29, 0.717) is 19.4 Å². The highest BCUT2D eigenvalue weighted by atomic mass is 16.5. The van der Waals surface area contributed by atoms with Crippen LogP contribution >= 0.6 is 0 Å². The van der Waals surface area contributed by atoms with Gasteiger partial charge in [0.1, 0.15) is 11.9 Å². The molecule has 0 bridgehead atoms. The van der Waals surface area contributed by atoms with Crippen molar-refractivity contribution in [1.29, 1.82) is 5.26 Å². The van der Waals surface area contributed by atoms with Crippen molar-refractivity contribution in [1.82, 2.24) is 20.4 Å². The highest BCUT2D eigenvalue weighted by Gasteiger charge is 2.14. The number of esters is 2. The van der Waals surface area contributed by atoms with Crippen molar-refractivity contribution in [2.24, 2.45) is 0 Å². The van der Waals surface area contributed by atoms with Gasteiger partial charge >= 0.3 is 11.9 Å². The van der Waals surface area contributed by atoms with Gasteiger partial charge in [0.25, 0.3) is 0 Å². The number of rotatable bonds is 47. The number of carbonyl (C=O) groups excluding carboxylic acids is 2. The first kappa shape index (κ1) is 57.5. The van der Waals surface area contributed by atoms with Crippen LogP contribution in [0.3, 0.4) is 0 Å². The Kier molecular flexibility index (Phi) is 44.1. The van der Waals surface area contributed by atoms with E-state index in [-0.39, 0.29) is 18.0 Å². The summed E-state index contributed by atoms with van der Waals surface area (Å²) in [5, 5.41) is 14.9. The number of hydrogen-bond donors (Lipinski definition) is 2. The Balaban J connectivity index is 4.55. The normalized spacial score (nSPS) is 11.6. The second kappa shape index (κ2) is 46.0. The predicted octanol–water partition coefficient (Wildman–Crippen LogP) is 13.5. The summed E-state index contributed by atoms with van der Waals surface area (Å²) < 4.78 is 11.6. The van der Waals surface area contributed by atoms with Gasteiger partial charge in [-0.15, -0.1) is 0 Å². The minimum atomic E-state index is -0.0256. The smallest absolute Gasteiger partial charge is 0.306 e. The van der Waals surface area contributed by atoms with Crippen LogP contribution in [0, 0.1) is 11.5 Å². The standard InChI is InChI=1S/C51H99N5O4/c1-6-9-12-15-18-27-36-45-59-50(57)39-30-23-19-25-33-42-56(44-35-32-41-54-49(55(4)5)46-53-47-52)43-34-26-20-24-31-40-51(58)60-48(37-28-21-16-13-10-7-2)38-29-22-17-14-11-8-3/h46,48,53-54H,6-45H2,1-5H3/b49-46-. The second-order valence-corrected chi connectivity index (χ2v) is 17.8. The van der Waals surface area contributed by atoms with E-state index in [1.165, 1.54) is 148 Å². The van der Waals surface area contributed by atoms with Crippen LogP contribution in [0.4, 0.5) is 0 Å². The Morgan fingerprint density at radius 1 is 0.550 bits per heavy atom. The molecule has 0 aliphatic rings. The summed E-state index contributed by atoms with van der Waals surface area (Å²) in [4.78, 5) is 29.7. The Hall–Kier alpha value is -2.47. The molecule has 0 saturated carbocycles. The molecule has 0 unspecified atom stereocenters. The molecule has 0 aromatic heterocycles. The van der Waals surface area contributed by atoms with Gasteiger partial charge in [-0.3, -0.25) is 14.9 Å². The van der Waals surface area contributed by atoms with E-state index < -0.39 is 0 Å². The summed E-state index contributed by atoms with van der Waals surface area (Å²) in [5.41, 5.74) is 0. The lowest BCUT2D eigenvalue weighted by atomic mass is 10.0. The largest absolute Gasteiger partial charge is 0.466 e. The summed E-state index contributed by atoms with van der Waals surface area (Å²) in [7, 11) is 3.94. The number of hydrogen-bond acceptors (Lipinski definition) is 9. The van der Waals surface area contributed by atoms with E-state index in [1.807, 2.05) is 25.2 Å². The Morgan fingerprint density at radius 2 is 0.967 bits per heavy atom. The minimum absolute atomic E-state index is 0.0193. The average molecular weight is 846 g/mol. The molecule has 0 aromatic carbocycles. The van der Waals surface area contributed by atoms with E-state index >= 15 is 0 Å². The summed E-state index contributed by atoms with van der Waals surface area (Å²) in [5.74, 6) is 0.900. The van der Waals surface area contributed by atoms with Crippen LogP contribution in [0.5, 0.6) is 0 Å². The molecule has 352 valence electrons. The summed E-state index contributed by atoms with van der Waals surface area (Å²) >= 11 is 0. The zero-order valence-electron chi connectivity index (χ0n) is 40.4. The third kappa shape index (κ3) is 40.9. The van der Waals surface area contributed by atoms with Gasteiger partial charge in [-0.2, -0.15) is 5.26 Å². The molecule has 0 aliphatic carbocycles. The molecule has 2 N–H and O–H groups in total. The topological polar surface area (TPSA) is 107 Å². The molecule has 0 aromatic rings. The van der Waals surface area contributed by atoms with Crippen LogP contribution in [-0.4, -0.2) is 74.7 Å². The van der Waals surface area contributed by atoms with Gasteiger partial charge in [0.05, 0.1) is 12.8 Å². The van der Waals surface area contributed by atoms with E-state index in [9.17, 15) is 9.59 Å². The average Bonchev–Trinajstić information content (AvgIpc) is 3.23. The molecule has 0 fully saturated rings. The lowest BCUT2D eigenvalue weighted by Gasteiger charge is -2.23. The van der Waals surface area contributed by atoms with Gasteiger partial charge in [-0.1, -0.05) is 162 Å². The number of unbranched alkanes of at least 4 members (excludes halogenated alkanes) is 25. The maximum absolute atomic E-state index is 12.9. The molecule has 0 heterocycles. The fourth-order valence-electron chi connectivity index (χ4n) is 7.85.